The second-order valence-electron chi connectivity index (χ2n) is 6.59. The fourth-order valence-electron chi connectivity index (χ4n) is 3.47. The van der Waals surface area contributed by atoms with Gasteiger partial charge in [-0.1, -0.05) is 19.3 Å². The van der Waals surface area contributed by atoms with Crippen molar-refractivity contribution in [1.82, 2.24) is 15.5 Å². The molecule has 0 aromatic rings. The molecule has 0 bridgehead atoms. The lowest BCUT2D eigenvalue weighted by molar-refractivity contribution is -0.136. The van der Waals surface area contributed by atoms with E-state index >= 15 is 0 Å². The molecule has 2 fully saturated rings. The number of amides is 2. The first-order valence-electron chi connectivity index (χ1n) is 8.34. The van der Waals surface area contributed by atoms with E-state index in [-0.39, 0.29) is 30.3 Å². The summed E-state index contributed by atoms with van der Waals surface area (Å²) in [6, 6.07) is -0.165. The third-order valence-electron chi connectivity index (χ3n) is 4.88. The zero-order valence-electron chi connectivity index (χ0n) is 13.8. The Morgan fingerprint density at radius 1 is 1.23 bits per heavy atom. The Hall–Kier alpha value is -0.810. The first-order chi connectivity index (χ1) is 10.1. The molecular weight excluding hydrogens is 302 g/mol. The van der Waals surface area contributed by atoms with Crippen molar-refractivity contribution in [3.05, 3.63) is 0 Å². The number of hydrogen-bond acceptors (Lipinski definition) is 3. The normalized spacial score (nSPS) is 23.5. The molecule has 1 saturated heterocycles. The van der Waals surface area contributed by atoms with Crippen LogP contribution < -0.4 is 10.6 Å². The zero-order valence-corrected chi connectivity index (χ0v) is 14.6. The van der Waals surface area contributed by atoms with Crippen molar-refractivity contribution in [2.45, 2.75) is 64.0 Å². The maximum atomic E-state index is 12.3. The summed E-state index contributed by atoms with van der Waals surface area (Å²) in [6.07, 6.45) is 7.66. The molecule has 22 heavy (non-hydrogen) atoms. The van der Waals surface area contributed by atoms with Crippen LogP contribution in [0.1, 0.15) is 51.9 Å². The van der Waals surface area contributed by atoms with Gasteiger partial charge in [-0.2, -0.15) is 0 Å². The Bertz CT molecular complexity index is 366. The first-order valence-corrected chi connectivity index (χ1v) is 8.34. The highest BCUT2D eigenvalue weighted by atomic mass is 35.5. The van der Waals surface area contributed by atoms with E-state index in [0.717, 1.165) is 32.4 Å². The number of halogens is 1. The fraction of sp³-hybridized carbons (Fsp3) is 0.875. The second-order valence-corrected chi connectivity index (χ2v) is 6.59. The van der Waals surface area contributed by atoms with Crippen LogP contribution in [0.25, 0.3) is 0 Å². The molecule has 2 atom stereocenters. The van der Waals surface area contributed by atoms with Crippen LogP contribution in [-0.2, 0) is 9.59 Å². The van der Waals surface area contributed by atoms with Gasteiger partial charge in [0, 0.05) is 26.1 Å². The maximum absolute atomic E-state index is 12.3. The predicted octanol–water partition coefficient (Wildman–Crippen LogP) is 1.70. The van der Waals surface area contributed by atoms with Gasteiger partial charge < -0.3 is 15.5 Å². The summed E-state index contributed by atoms with van der Waals surface area (Å²) in [5.41, 5.74) is 0. The van der Waals surface area contributed by atoms with Crippen LogP contribution in [0, 0.1) is 5.92 Å². The van der Waals surface area contributed by atoms with Gasteiger partial charge in [0.05, 0.1) is 0 Å². The van der Waals surface area contributed by atoms with Gasteiger partial charge in [-0.05, 0) is 38.6 Å². The highest BCUT2D eigenvalue weighted by Gasteiger charge is 2.27. The Morgan fingerprint density at radius 3 is 2.50 bits per heavy atom. The van der Waals surface area contributed by atoms with Crippen LogP contribution in [0.2, 0.25) is 0 Å². The van der Waals surface area contributed by atoms with Crippen molar-refractivity contribution < 1.29 is 9.59 Å². The average Bonchev–Trinajstić information content (AvgIpc) is 3.00. The van der Waals surface area contributed by atoms with Crippen molar-refractivity contribution in [3.63, 3.8) is 0 Å². The summed E-state index contributed by atoms with van der Waals surface area (Å²) in [4.78, 5) is 26.2. The lowest BCUT2D eigenvalue weighted by Gasteiger charge is -2.28. The number of carbonyl (C=O) groups is 2. The SMILES string of the molecule is CC(NC(=O)CC1CCCCC1)C(=O)N(C)C1CCNC1.Cl. The molecule has 1 aliphatic carbocycles. The average molecular weight is 332 g/mol. The topological polar surface area (TPSA) is 61.4 Å². The van der Waals surface area contributed by atoms with Gasteiger partial charge in [0.15, 0.2) is 0 Å². The third kappa shape index (κ3) is 5.43. The Labute approximate surface area is 140 Å². The summed E-state index contributed by atoms with van der Waals surface area (Å²) in [5.74, 6) is 0.555. The smallest absolute Gasteiger partial charge is 0.244 e. The van der Waals surface area contributed by atoms with Crippen LogP contribution in [0.4, 0.5) is 0 Å². The fourth-order valence-corrected chi connectivity index (χ4v) is 3.47. The quantitative estimate of drug-likeness (QED) is 0.806. The van der Waals surface area contributed by atoms with Crippen molar-refractivity contribution in [1.29, 1.82) is 0 Å². The highest BCUT2D eigenvalue weighted by Crippen LogP contribution is 2.26. The van der Waals surface area contributed by atoms with Gasteiger partial charge in [0.2, 0.25) is 11.8 Å². The maximum Gasteiger partial charge on any atom is 0.244 e. The minimum absolute atomic E-state index is 0. The number of rotatable bonds is 5. The minimum atomic E-state index is -0.424. The van der Waals surface area contributed by atoms with Crippen molar-refractivity contribution in [2.24, 2.45) is 5.92 Å². The molecule has 2 amide bonds. The van der Waals surface area contributed by atoms with Gasteiger partial charge in [-0.15, -0.1) is 12.4 Å². The lowest BCUT2D eigenvalue weighted by Crippen LogP contribution is -2.49. The van der Waals surface area contributed by atoms with Gasteiger partial charge in [0.25, 0.3) is 0 Å². The molecule has 0 spiro atoms. The van der Waals surface area contributed by atoms with E-state index in [9.17, 15) is 9.59 Å². The van der Waals surface area contributed by atoms with Gasteiger partial charge >= 0.3 is 0 Å². The van der Waals surface area contributed by atoms with E-state index in [1.165, 1.54) is 19.3 Å². The summed E-state index contributed by atoms with van der Waals surface area (Å²) < 4.78 is 0. The molecule has 2 aliphatic rings. The minimum Gasteiger partial charge on any atom is -0.345 e. The monoisotopic (exact) mass is 331 g/mol. The standard InChI is InChI=1S/C16H29N3O2.ClH/c1-12(16(21)19(2)14-8-9-17-11-14)18-15(20)10-13-6-4-3-5-7-13;/h12-14,17H,3-11H2,1-2H3,(H,18,20);1H. The van der Waals surface area contributed by atoms with E-state index in [0.29, 0.717) is 12.3 Å². The molecule has 1 aliphatic heterocycles. The number of hydrogen-bond donors (Lipinski definition) is 2. The molecular formula is C16H30ClN3O2. The molecule has 1 heterocycles. The lowest BCUT2D eigenvalue weighted by atomic mass is 9.87. The Kier molecular flexibility index (Phi) is 8.18. The summed E-state index contributed by atoms with van der Waals surface area (Å²) >= 11 is 0. The third-order valence-corrected chi connectivity index (χ3v) is 4.88. The molecule has 2 rings (SSSR count). The molecule has 1 saturated carbocycles. The first kappa shape index (κ1) is 19.2. The molecule has 0 aromatic heterocycles. The van der Waals surface area contributed by atoms with Crippen LogP contribution in [-0.4, -0.2) is 48.9 Å². The van der Waals surface area contributed by atoms with E-state index in [2.05, 4.69) is 10.6 Å². The van der Waals surface area contributed by atoms with Gasteiger partial charge in [0.1, 0.15) is 6.04 Å². The van der Waals surface area contributed by atoms with Crippen LogP contribution in [0.3, 0.4) is 0 Å². The number of nitrogens with zero attached hydrogens (tertiary/aromatic N) is 1. The molecule has 5 nitrogen and oxygen atoms in total. The highest BCUT2D eigenvalue weighted by molar-refractivity contribution is 5.87. The number of nitrogens with one attached hydrogen (secondary N) is 2. The van der Waals surface area contributed by atoms with Gasteiger partial charge in [-0.3, -0.25) is 9.59 Å². The van der Waals surface area contributed by atoms with Crippen LogP contribution in [0.5, 0.6) is 0 Å². The summed E-state index contributed by atoms with van der Waals surface area (Å²) in [7, 11) is 1.84. The number of carbonyl (C=O) groups excluding carboxylic acids is 2. The van der Waals surface area contributed by atoms with Gasteiger partial charge in [-0.25, -0.2) is 0 Å². The van der Waals surface area contributed by atoms with Crippen molar-refractivity contribution in [2.75, 3.05) is 20.1 Å². The second kappa shape index (κ2) is 9.36. The van der Waals surface area contributed by atoms with Crippen molar-refractivity contribution >= 4 is 24.2 Å². The van der Waals surface area contributed by atoms with E-state index in [1.807, 2.05) is 7.05 Å². The molecule has 128 valence electrons. The zero-order chi connectivity index (χ0) is 15.2. The predicted molar refractivity (Wildman–Crippen MR) is 90.1 cm³/mol. The molecule has 0 radical (unpaired) electrons. The summed E-state index contributed by atoms with van der Waals surface area (Å²) in [6.45, 7) is 3.61. The number of likely N-dealkylation sites (N-methyl/N-ethyl adjacent to an activating group) is 1. The van der Waals surface area contributed by atoms with Crippen LogP contribution in [0.15, 0.2) is 0 Å². The largest absolute Gasteiger partial charge is 0.345 e. The van der Waals surface area contributed by atoms with E-state index in [1.54, 1.807) is 11.8 Å². The summed E-state index contributed by atoms with van der Waals surface area (Å²) in [5, 5.41) is 6.14. The molecule has 6 heteroatoms. The Balaban J connectivity index is 0.00000242. The van der Waals surface area contributed by atoms with E-state index in [4.69, 9.17) is 0 Å². The molecule has 2 N–H and O–H groups in total. The van der Waals surface area contributed by atoms with Crippen LogP contribution >= 0.6 is 12.4 Å². The Morgan fingerprint density at radius 2 is 1.91 bits per heavy atom. The molecule has 2 unspecified atom stereocenters. The molecule has 0 aromatic carbocycles. The van der Waals surface area contributed by atoms with E-state index < -0.39 is 6.04 Å². The van der Waals surface area contributed by atoms with Crippen molar-refractivity contribution in [3.8, 4) is 0 Å².